The van der Waals surface area contributed by atoms with E-state index in [1.165, 1.54) is 11.1 Å². The molecule has 0 saturated carbocycles. The number of hydrogen-bond donors (Lipinski definition) is 2. The molecule has 2 atom stereocenters. The highest BCUT2D eigenvalue weighted by Crippen LogP contribution is 2.30. The summed E-state index contributed by atoms with van der Waals surface area (Å²) < 4.78 is 0.374. The van der Waals surface area contributed by atoms with E-state index in [1.54, 1.807) is 12.3 Å². The van der Waals surface area contributed by atoms with Gasteiger partial charge in [0.05, 0.1) is 21.7 Å². The highest BCUT2D eigenvalue weighted by atomic mass is 127. The molecule has 1 saturated heterocycles. The van der Waals surface area contributed by atoms with E-state index >= 15 is 0 Å². The molecule has 1 fully saturated rings. The van der Waals surface area contributed by atoms with Gasteiger partial charge in [-0.15, -0.1) is 0 Å². The molecule has 0 bridgehead atoms. The van der Waals surface area contributed by atoms with E-state index in [9.17, 15) is 0 Å². The van der Waals surface area contributed by atoms with E-state index in [4.69, 9.17) is 16.7 Å². The van der Waals surface area contributed by atoms with Crippen LogP contribution in [0.25, 0.3) is 0 Å². The van der Waals surface area contributed by atoms with Gasteiger partial charge in [0.1, 0.15) is 5.82 Å². The third-order valence-electron chi connectivity index (χ3n) is 4.32. The van der Waals surface area contributed by atoms with Gasteiger partial charge >= 0.3 is 0 Å². The van der Waals surface area contributed by atoms with Crippen LogP contribution in [0.4, 0.5) is 5.82 Å². The Bertz CT molecular complexity index is 695. The van der Waals surface area contributed by atoms with Crippen molar-refractivity contribution in [2.24, 2.45) is 0 Å². The average Bonchev–Trinajstić information content (AvgIpc) is 2.92. The molecule has 128 valence electrons. The standard InChI is InChI=1S/C18H21ClIN3O/c1-12-2-4-13(5-3-12)10-23-7-6-16(17(23)20)22-18-15(19)8-14(11-24)9-21-18/h2-5,8-9,16-17,24H,6-7,10-11H2,1H3,(H,21,22)/t16-,17?/m1/s1. The van der Waals surface area contributed by atoms with E-state index in [0.717, 1.165) is 25.1 Å². The number of aliphatic hydroxyl groups excluding tert-OH is 1. The number of alkyl halides is 1. The topological polar surface area (TPSA) is 48.4 Å². The van der Waals surface area contributed by atoms with Crippen LogP contribution in [0.1, 0.15) is 23.1 Å². The Hall–Kier alpha value is -0.890. The Morgan fingerprint density at radius 2 is 2.08 bits per heavy atom. The van der Waals surface area contributed by atoms with E-state index in [1.807, 2.05) is 0 Å². The van der Waals surface area contributed by atoms with Gasteiger partial charge in [0.25, 0.3) is 0 Å². The maximum absolute atomic E-state index is 9.14. The molecule has 1 aliphatic rings. The monoisotopic (exact) mass is 457 g/mol. The third kappa shape index (κ3) is 4.20. The van der Waals surface area contributed by atoms with E-state index in [2.05, 4.69) is 69.0 Å². The minimum Gasteiger partial charge on any atom is -0.392 e. The minimum absolute atomic E-state index is 0.0460. The summed E-state index contributed by atoms with van der Waals surface area (Å²) in [6.45, 7) is 4.07. The van der Waals surface area contributed by atoms with Crippen LogP contribution in [0.5, 0.6) is 0 Å². The number of aryl methyl sites for hydroxylation is 1. The van der Waals surface area contributed by atoms with Crippen molar-refractivity contribution in [1.29, 1.82) is 0 Å². The number of anilines is 1. The average molecular weight is 458 g/mol. The zero-order chi connectivity index (χ0) is 17.1. The molecule has 1 aromatic heterocycles. The van der Waals surface area contributed by atoms with Gasteiger partial charge in [-0.2, -0.15) is 0 Å². The summed E-state index contributed by atoms with van der Waals surface area (Å²) in [5, 5.41) is 13.2. The van der Waals surface area contributed by atoms with Gasteiger partial charge < -0.3 is 10.4 Å². The summed E-state index contributed by atoms with van der Waals surface area (Å²) in [7, 11) is 0. The molecule has 6 heteroatoms. The molecule has 2 aromatic rings. The molecule has 0 spiro atoms. The van der Waals surface area contributed by atoms with Crippen molar-refractivity contribution in [3.63, 3.8) is 0 Å². The summed E-state index contributed by atoms with van der Waals surface area (Å²) in [5.74, 6) is 0.692. The molecular formula is C18H21ClIN3O. The number of rotatable bonds is 5. The van der Waals surface area contributed by atoms with Gasteiger partial charge in [0, 0.05) is 19.3 Å². The summed E-state index contributed by atoms with van der Waals surface area (Å²) in [6.07, 6.45) is 2.72. The summed E-state index contributed by atoms with van der Waals surface area (Å²) in [6, 6.07) is 10.8. The lowest BCUT2D eigenvalue weighted by Crippen LogP contribution is -2.33. The molecule has 4 nitrogen and oxygen atoms in total. The Kier molecular flexibility index (Phi) is 5.97. The molecule has 0 radical (unpaired) electrons. The highest BCUT2D eigenvalue weighted by Gasteiger charge is 2.32. The maximum Gasteiger partial charge on any atom is 0.145 e. The van der Waals surface area contributed by atoms with E-state index in [-0.39, 0.29) is 6.61 Å². The Labute approximate surface area is 161 Å². The number of benzene rings is 1. The first-order valence-electron chi connectivity index (χ1n) is 8.02. The Morgan fingerprint density at radius 1 is 1.33 bits per heavy atom. The second-order valence-electron chi connectivity index (χ2n) is 6.20. The molecule has 1 aromatic carbocycles. The lowest BCUT2D eigenvalue weighted by Gasteiger charge is -2.24. The smallest absolute Gasteiger partial charge is 0.145 e. The summed E-state index contributed by atoms with van der Waals surface area (Å²) in [4.78, 5) is 6.81. The molecule has 0 amide bonds. The summed E-state index contributed by atoms with van der Waals surface area (Å²) in [5.41, 5.74) is 3.35. The van der Waals surface area contributed by atoms with Crippen molar-refractivity contribution in [2.45, 2.75) is 36.6 Å². The number of halogens is 2. The molecular weight excluding hydrogens is 437 g/mol. The Balaban J connectivity index is 1.63. The largest absolute Gasteiger partial charge is 0.392 e. The number of aromatic nitrogens is 1. The van der Waals surface area contributed by atoms with Crippen LogP contribution in [-0.4, -0.2) is 31.6 Å². The first-order valence-corrected chi connectivity index (χ1v) is 9.64. The van der Waals surface area contributed by atoms with Crippen LogP contribution in [0, 0.1) is 6.92 Å². The normalized spacial score (nSPS) is 21.2. The minimum atomic E-state index is -0.0460. The fourth-order valence-electron chi connectivity index (χ4n) is 2.90. The molecule has 24 heavy (non-hydrogen) atoms. The lowest BCUT2D eigenvalue weighted by atomic mass is 10.1. The number of aliphatic hydroxyl groups is 1. The summed E-state index contributed by atoms with van der Waals surface area (Å²) >= 11 is 8.76. The number of likely N-dealkylation sites (tertiary alicyclic amines) is 1. The van der Waals surface area contributed by atoms with Crippen LogP contribution in [0.3, 0.4) is 0 Å². The van der Waals surface area contributed by atoms with Crippen molar-refractivity contribution in [3.05, 3.63) is 58.2 Å². The van der Waals surface area contributed by atoms with Gasteiger partial charge in [0.15, 0.2) is 0 Å². The number of nitrogens with zero attached hydrogens (tertiary/aromatic N) is 2. The second-order valence-corrected chi connectivity index (χ2v) is 7.88. The number of nitrogens with one attached hydrogen (secondary N) is 1. The molecule has 1 aliphatic heterocycles. The van der Waals surface area contributed by atoms with Crippen LogP contribution < -0.4 is 5.32 Å². The van der Waals surface area contributed by atoms with Gasteiger partial charge in [-0.3, -0.25) is 4.90 Å². The van der Waals surface area contributed by atoms with Crippen molar-refractivity contribution < 1.29 is 5.11 Å². The first kappa shape index (κ1) is 17.9. The van der Waals surface area contributed by atoms with Crippen molar-refractivity contribution in [3.8, 4) is 0 Å². The number of hydrogen-bond acceptors (Lipinski definition) is 4. The SMILES string of the molecule is Cc1ccc(CN2CC[C@@H](Nc3ncc(CO)cc3Cl)C2I)cc1. The fourth-order valence-corrected chi connectivity index (χ4v) is 4.16. The predicted molar refractivity (Wildman–Crippen MR) is 107 cm³/mol. The van der Waals surface area contributed by atoms with E-state index in [0.29, 0.717) is 20.9 Å². The highest BCUT2D eigenvalue weighted by molar-refractivity contribution is 14.1. The molecule has 2 N–H and O–H groups in total. The van der Waals surface area contributed by atoms with Crippen molar-refractivity contribution in [2.75, 3.05) is 11.9 Å². The van der Waals surface area contributed by atoms with Crippen LogP contribution >= 0.6 is 34.2 Å². The zero-order valence-corrected chi connectivity index (χ0v) is 16.5. The van der Waals surface area contributed by atoms with Crippen LogP contribution in [0.2, 0.25) is 5.02 Å². The van der Waals surface area contributed by atoms with Crippen LogP contribution in [-0.2, 0) is 13.2 Å². The van der Waals surface area contributed by atoms with Gasteiger partial charge in [-0.05, 0) is 30.5 Å². The quantitative estimate of drug-likeness (QED) is 0.405. The molecule has 0 aliphatic carbocycles. The van der Waals surface area contributed by atoms with Gasteiger partial charge in [0.2, 0.25) is 0 Å². The fraction of sp³-hybridized carbons (Fsp3) is 0.389. The predicted octanol–water partition coefficient (Wildman–Crippen LogP) is 3.98. The van der Waals surface area contributed by atoms with Gasteiger partial charge in [-0.25, -0.2) is 4.98 Å². The zero-order valence-electron chi connectivity index (χ0n) is 13.5. The van der Waals surface area contributed by atoms with Crippen molar-refractivity contribution in [1.82, 2.24) is 9.88 Å². The molecule has 2 heterocycles. The molecule has 3 rings (SSSR count). The maximum atomic E-state index is 9.14. The number of pyridine rings is 1. The third-order valence-corrected chi connectivity index (χ3v) is 6.26. The van der Waals surface area contributed by atoms with Gasteiger partial charge in [-0.1, -0.05) is 64.0 Å². The first-order chi connectivity index (χ1) is 11.6. The Morgan fingerprint density at radius 3 is 2.75 bits per heavy atom. The van der Waals surface area contributed by atoms with Crippen LogP contribution in [0.15, 0.2) is 36.5 Å². The second kappa shape index (κ2) is 7.99. The van der Waals surface area contributed by atoms with Crippen molar-refractivity contribution >= 4 is 40.0 Å². The molecule has 1 unspecified atom stereocenters. The van der Waals surface area contributed by atoms with E-state index < -0.39 is 0 Å². The lowest BCUT2D eigenvalue weighted by molar-refractivity contribution is 0.281.